The lowest BCUT2D eigenvalue weighted by Crippen LogP contribution is -2.30. The fraction of sp³-hybridized carbons (Fsp3) is 0.407. The van der Waals surface area contributed by atoms with Crippen molar-refractivity contribution in [3.8, 4) is 0 Å². The summed E-state index contributed by atoms with van der Waals surface area (Å²) in [5.74, 6) is 0.0474. The molecule has 1 aliphatic heterocycles. The van der Waals surface area contributed by atoms with Crippen LogP contribution in [0.1, 0.15) is 59.9 Å². The molecule has 2 aromatic rings. The average molecular weight is 499 g/mol. The topological polar surface area (TPSA) is 36.4 Å². The minimum absolute atomic E-state index is 0.0474. The Morgan fingerprint density at radius 2 is 1.94 bits per heavy atom. The van der Waals surface area contributed by atoms with Gasteiger partial charge >= 0.3 is 0 Å². The van der Waals surface area contributed by atoms with E-state index in [1.54, 1.807) is 19.0 Å². The van der Waals surface area contributed by atoms with Gasteiger partial charge in [0.1, 0.15) is 0 Å². The summed E-state index contributed by atoms with van der Waals surface area (Å²) in [7, 11) is 3.57. The molecule has 0 N–H and O–H groups in total. The molecule has 32 heavy (non-hydrogen) atoms. The minimum Gasteiger partial charge on any atom is -0.345 e. The monoisotopic (exact) mass is 497 g/mol. The van der Waals surface area contributed by atoms with E-state index < -0.39 is 0 Å². The molecule has 1 aromatic heterocycles. The number of rotatable bonds is 5. The van der Waals surface area contributed by atoms with E-state index in [-0.39, 0.29) is 5.91 Å². The molecule has 172 valence electrons. The molecule has 1 aliphatic rings. The molecule has 0 saturated carbocycles. The SMILES string of the molecule is C/C(=C\c1c(Br)ccnc1C)CN1CC=C(c2ccc(C(=O)N(C)C)cc2C)CC1.CC. The molecule has 0 fully saturated rings. The second-order valence-corrected chi connectivity index (χ2v) is 9.08. The number of carbonyl (C=O) groups excluding carboxylic acids is 1. The smallest absolute Gasteiger partial charge is 0.253 e. The predicted molar refractivity (Wildman–Crippen MR) is 140 cm³/mol. The van der Waals surface area contributed by atoms with Crippen molar-refractivity contribution in [3.05, 3.63) is 74.5 Å². The van der Waals surface area contributed by atoms with Crippen LogP contribution in [0, 0.1) is 13.8 Å². The van der Waals surface area contributed by atoms with E-state index in [4.69, 9.17) is 0 Å². The largest absolute Gasteiger partial charge is 0.345 e. The average Bonchev–Trinajstić information content (AvgIpc) is 2.78. The highest BCUT2D eigenvalue weighted by Crippen LogP contribution is 2.27. The van der Waals surface area contributed by atoms with E-state index in [0.717, 1.165) is 52.9 Å². The summed E-state index contributed by atoms with van der Waals surface area (Å²) in [6.07, 6.45) is 7.41. The molecule has 0 saturated heterocycles. The van der Waals surface area contributed by atoms with Gasteiger partial charge in [0, 0.05) is 61.2 Å². The zero-order chi connectivity index (χ0) is 23.8. The van der Waals surface area contributed by atoms with E-state index in [0.29, 0.717) is 0 Å². The maximum absolute atomic E-state index is 12.2. The van der Waals surface area contributed by atoms with Gasteiger partial charge in [-0.05, 0) is 62.1 Å². The Bertz CT molecular complexity index is 988. The van der Waals surface area contributed by atoms with Gasteiger partial charge in [-0.2, -0.15) is 0 Å². The zero-order valence-corrected chi connectivity index (χ0v) is 22.1. The third-order valence-electron chi connectivity index (χ3n) is 5.52. The lowest BCUT2D eigenvalue weighted by Gasteiger charge is -2.27. The van der Waals surface area contributed by atoms with Gasteiger partial charge in [-0.3, -0.25) is 14.7 Å². The molecule has 0 unspecified atom stereocenters. The third-order valence-corrected chi connectivity index (χ3v) is 6.21. The van der Waals surface area contributed by atoms with Crippen molar-refractivity contribution >= 4 is 33.5 Å². The van der Waals surface area contributed by atoms with Crippen LogP contribution in [0.5, 0.6) is 0 Å². The molecule has 5 heteroatoms. The maximum atomic E-state index is 12.2. The van der Waals surface area contributed by atoms with Crippen molar-refractivity contribution in [2.24, 2.45) is 0 Å². The molecule has 0 aliphatic carbocycles. The first kappa shape index (κ1) is 26.0. The van der Waals surface area contributed by atoms with Gasteiger partial charge in [0.15, 0.2) is 0 Å². The predicted octanol–water partition coefficient (Wildman–Crippen LogP) is 6.38. The Hall–Kier alpha value is -2.24. The highest BCUT2D eigenvalue weighted by atomic mass is 79.9. The molecule has 3 rings (SSSR count). The van der Waals surface area contributed by atoms with Gasteiger partial charge in [0.05, 0.1) is 0 Å². The molecular weight excluding hydrogens is 462 g/mol. The molecule has 2 heterocycles. The molecular formula is C27H36BrN3O. The molecule has 0 spiro atoms. The molecule has 0 atom stereocenters. The van der Waals surface area contributed by atoms with Crippen LogP contribution >= 0.6 is 15.9 Å². The summed E-state index contributed by atoms with van der Waals surface area (Å²) >= 11 is 3.63. The highest BCUT2D eigenvalue weighted by Gasteiger charge is 2.16. The second kappa shape index (κ2) is 12.1. The number of amides is 1. The first-order valence-electron chi connectivity index (χ1n) is 11.3. The fourth-order valence-electron chi connectivity index (χ4n) is 3.88. The molecule has 0 radical (unpaired) electrons. The fourth-order valence-corrected chi connectivity index (χ4v) is 4.40. The number of hydrogen-bond donors (Lipinski definition) is 0. The maximum Gasteiger partial charge on any atom is 0.253 e. The van der Waals surface area contributed by atoms with Crippen LogP contribution in [-0.4, -0.2) is 54.4 Å². The summed E-state index contributed by atoms with van der Waals surface area (Å²) < 4.78 is 1.09. The first-order valence-corrected chi connectivity index (χ1v) is 12.1. The molecule has 1 amide bonds. The van der Waals surface area contributed by atoms with Gasteiger partial charge in [-0.25, -0.2) is 0 Å². The van der Waals surface area contributed by atoms with Crippen LogP contribution in [0.25, 0.3) is 11.6 Å². The number of carbonyl (C=O) groups is 1. The van der Waals surface area contributed by atoms with Gasteiger partial charge < -0.3 is 4.90 Å². The van der Waals surface area contributed by atoms with E-state index >= 15 is 0 Å². The number of pyridine rings is 1. The van der Waals surface area contributed by atoms with Crippen molar-refractivity contribution < 1.29 is 4.79 Å². The number of halogens is 1. The van der Waals surface area contributed by atoms with Crippen LogP contribution in [0.4, 0.5) is 0 Å². The second-order valence-electron chi connectivity index (χ2n) is 8.23. The van der Waals surface area contributed by atoms with Crippen LogP contribution in [0.2, 0.25) is 0 Å². The quantitative estimate of drug-likeness (QED) is 0.480. The summed E-state index contributed by atoms with van der Waals surface area (Å²) in [5, 5.41) is 0. The summed E-state index contributed by atoms with van der Waals surface area (Å²) in [6, 6.07) is 8.04. The summed E-state index contributed by atoms with van der Waals surface area (Å²) in [4.78, 5) is 20.7. The minimum atomic E-state index is 0.0474. The Morgan fingerprint density at radius 1 is 1.22 bits per heavy atom. The van der Waals surface area contributed by atoms with Crippen molar-refractivity contribution in [1.29, 1.82) is 0 Å². The molecule has 4 nitrogen and oxygen atoms in total. The Balaban J connectivity index is 0.00000176. The van der Waals surface area contributed by atoms with Crippen LogP contribution in [0.15, 0.2) is 46.6 Å². The van der Waals surface area contributed by atoms with Gasteiger partial charge in [-0.1, -0.05) is 53.6 Å². The van der Waals surface area contributed by atoms with E-state index in [2.05, 4.69) is 57.9 Å². The van der Waals surface area contributed by atoms with E-state index in [1.165, 1.54) is 16.7 Å². The number of aryl methyl sites for hydroxylation is 2. The van der Waals surface area contributed by atoms with E-state index in [9.17, 15) is 4.79 Å². The van der Waals surface area contributed by atoms with Crippen LogP contribution in [0.3, 0.4) is 0 Å². The van der Waals surface area contributed by atoms with Gasteiger partial charge in [0.2, 0.25) is 0 Å². The Labute approximate surface area is 202 Å². The van der Waals surface area contributed by atoms with Gasteiger partial charge in [-0.15, -0.1) is 0 Å². The lowest BCUT2D eigenvalue weighted by atomic mass is 9.94. The highest BCUT2D eigenvalue weighted by molar-refractivity contribution is 9.10. The van der Waals surface area contributed by atoms with Crippen molar-refractivity contribution in [2.75, 3.05) is 33.7 Å². The Morgan fingerprint density at radius 3 is 2.50 bits per heavy atom. The third kappa shape index (κ3) is 6.63. The molecule has 0 bridgehead atoms. The Kier molecular flexibility index (Phi) is 9.85. The number of benzene rings is 1. The standard InChI is InChI=1S/C25H30BrN3O.C2H6/c1-17(14-23-19(3)27-11-8-24(23)26)16-29-12-9-20(10-13-29)22-7-6-21(15-18(22)2)25(30)28(4)5;1-2/h6-9,11,14-15H,10,12-13,16H2,1-5H3;1-2H3/b17-14+;. The normalized spacial score (nSPS) is 14.4. The van der Waals surface area contributed by atoms with Crippen molar-refractivity contribution in [2.45, 2.75) is 41.0 Å². The number of nitrogens with zero attached hydrogens (tertiary/aromatic N) is 3. The van der Waals surface area contributed by atoms with Gasteiger partial charge in [0.25, 0.3) is 5.91 Å². The van der Waals surface area contributed by atoms with Crippen LogP contribution < -0.4 is 0 Å². The van der Waals surface area contributed by atoms with Crippen LogP contribution in [-0.2, 0) is 0 Å². The summed E-state index contributed by atoms with van der Waals surface area (Å²) in [6.45, 7) is 13.2. The number of aromatic nitrogens is 1. The lowest BCUT2D eigenvalue weighted by molar-refractivity contribution is 0.0827. The van der Waals surface area contributed by atoms with Crippen molar-refractivity contribution in [3.63, 3.8) is 0 Å². The zero-order valence-electron chi connectivity index (χ0n) is 20.5. The molecule has 1 aromatic carbocycles. The first-order chi connectivity index (χ1) is 15.3. The van der Waals surface area contributed by atoms with Crippen molar-refractivity contribution in [1.82, 2.24) is 14.8 Å². The van der Waals surface area contributed by atoms with E-state index in [1.807, 2.05) is 45.2 Å². The summed E-state index contributed by atoms with van der Waals surface area (Å²) in [5.41, 5.74) is 8.06. The number of hydrogen-bond acceptors (Lipinski definition) is 3.